The monoisotopic (exact) mass is 627 g/mol. The van der Waals surface area contributed by atoms with E-state index in [9.17, 15) is 21.6 Å². The molecule has 0 aromatic heterocycles. The average molecular weight is 629 g/mol. The van der Waals surface area contributed by atoms with Gasteiger partial charge in [0, 0.05) is 36.6 Å². The summed E-state index contributed by atoms with van der Waals surface area (Å²) in [5, 5.41) is 2.86. The number of hydrogen-bond acceptors (Lipinski definition) is 6. The van der Waals surface area contributed by atoms with Gasteiger partial charge in [0.25, 0.3) is 0 Å². The van der Waals surface area contributed by atoms with Crippen LogP contribution < -0.4 is 10.1 Å². The SMILES string of the molecule is O=C(NCCOc1ccc(S(=O)(=O)N2CCCCC2)cc1)C1CCN(S(=O)(=O)Cc2ccc(Br)cc2)CC1. The standard InChI is InChI=1S/C26H34BrN3O6S2/c27-23-6-4-21(5-7-23)20-37(32,33)29-17-12-22(13-18-29)26(31)28-14-19-36-24-8-10-25(11-9-24)38(34,35)30-15-2-1-3-16-30/h4-11,22H,1-3,12-20H2,(H,28,31). The van der Waals surface area contributed by atoms with E-state index in [0.29, 0.717) is 51.3 Å². The Kier molecular flexibility index (Phi) is 9.85. The third-order valence-corrected chi connectivity index (χ3v) is 11.2. The molecule has 1 N–H and O–H groups in total. The van der Waals surface area contributed by atoms with Crippen molar-refractivity contribution in [1.29, 1.82) is 0 Å². The third kappa shape index (κ3) is 7.56. The maximum Gasteiger partial charge on any atom is 0.243 e. The second-order valence-corrected chi connectivity index (χ2v) is 14.5. The van der Waals surface area contributed by atoms with Crippen molar-refractivity contribution in [3.05, 3.63) is 58.6 Å². The van der Waals surface area contributed by atoms with Crippen molar-refractivity contribution < 1.29 is 26.4 Å². The summed E-state index contributed by atoms with van der Waals surface area (Å²) in [6.45, 7) is 2.29. The molecule has 0 atom stereocenters. The number of nitrogens with one attached hydrogen (secondary N) is 1. The zero-order chi connectivity index (χ0) is 27.2. The summed E-state index contributed by atoms with van der Waals surface area (Å²) in [5.74, 6) is 0.121. The van der Waals surface area contributed by atoms with Crippen LogP contribution in [0.25, 0.3) is 0 Å². The Morgan fingerprint density at radius 3 is 2.13 bits per heavy atom. The van der Waals surface area contributed by atoms with E-state index in [2.05, 4.69) is 21.2 Å². The summed E-state index contributed by atoms with van der Waals surface area (Å²) in [7, 11) is -6.92. The van der Waals surface area contributed by atoms with E-state index in [1.165, 1.54) is 8.61 Å². The van der Waals surface area contributed by atoms with Crippen molar-refractivity contribution >= 4 is 41.9 Å². The van der Waals surface area contributed by atoms with E-state index in [0.717, 1.165) is 29.3 Å². The molecular weight excluding hydrogens is 594 g/mol. The molecule has 0 unspecified atom stereocenters. The van der Waals surface area contributed by atoms with Crippen LogP contribution in [-0.2, 0) is 30.6 Å². The first kappa shape index (κ1) is 29.0. The van der Waals surface area contributed by atoms with Crippen LogP contribution in [0.1, 0.15) is 37.7 Å². The molecule has 0 radical (unpaired) electrons. The van der Waals surface area contributed by atoms with Crippen LogP contribution in [0.2, 0.25) is 0 Å². The Hall–Kier alpha value is -1.99. The minimum absolute atomic E-state index is 0.0559. The molecule has 38 heavy (non-hydrogen) atoms. The third-order valence-electron chi connectivity index (χ3n) is 6.93. The fourth-order valence-corrected chi connectivity index (χ4v) is 8.07. The highest BCUT2D eigenvalue weighted by molar-refractivity contribution is 9.10. The lowest BCUT2D eigenvalue weighted by Gasteiger charge is -2.30. The van der Waals surface area contributed by atoms with E-state index in [1.54, 1.807) is 36.4 Å². The van der Waals surface area contributed by atoms with Crippen molar-refractivity contribution in [3.8, 4) is 5.75 Å². The summed E-state index contributed by atoms with van der Waals surface area (Å²) in [5.41, 5.74) is 0.728. The van der Waals surface area contributed by atoms with Gasteiger partial charge < -0.3 is 10.1 Å². The smallest absolute Gasteiger partial charge is 0.243 e. The number of piperidine rings is 2. The maximum absolute atomic E-state index is 12.8. The quantitative estimate of drug-likeness (QED) is 0.404. The van der Waals surface area contributed by atoms with Gasteiger partial charge in [-0.15, -0.1) is 0 Å². The predicted octanol–water partition coefficient (Wildman–Crippen LogP) is 3.36. The van der Waals surface area contributed by atoms with Crippen LogP contribution in [0.4, 0.5) is 0 Å². The van der Waals surface area contributed by atoms with E-state index in [4.69, 9.17) is 4.74 Å². The average Bonchev–Trinajstić information content (AvgIpc) is 2.93. The molecule has 2 aromatic rings. The fourth-order valence-electron chi connectivity index (χ4n) is 4.73. The number of carbonyl (C=O) groups excluding carboxylic acids is 1. The Morgan fingerprint density at radius 1 is 0.868 bits per heavy atom. The number of sulfonamides is 2. The zero-order valence-corrected chi connectivity index (χ0v) is 24.4. The summed E-state index contributed by atoms with van der Waals surface area (Å²) < 4.78 is 60.6. The van der Waals surface area contributed by atoms with Crippen molar-refractivity contribution in [1.82, 2.24) is 13.9 Å². The first-order chi connectivity index (χ1) is 18.1. The number of nitrogens with zero attached hydrogens (tertiary/aromatic N) is 2. The van der Waals surface area contributed by atoms with E-state index in [1.807, 2.05) is 12.1 Å². The van der Waals surface area contributed by atoms with Gasteiger partial charge in [-0.25, -0.2) is 21.1 Å². The molecule has 2 heterocycles. The maximum atomic E-state index is 12.8. The van der Waals surface area contributed by atoms with E-state index < -0.39 is 20.0 Å². The molecule has 0 spiro atoms. The second kappa shape index (κ2) is 12.9. The number of carbonyl (C=O) groups is 1. The highest BCUT2D eigenvalue weighted by Gasteiger charge is 2.31. The van der Waals surface area contributed by atoms with Gasteiger partial charge in [0.15, 0.2) is 0 Å². The molecule has 0 bridgehead atoms. The Bertz CT molecular complexity index is 1290. The minimum atomic E-state index is -3.48. The van der Waals surface area contributed by atoms with Crippen LogP contribution in [-0.4, -0.2) is 70.7 Å². The molecule has 1 amide bonds. The molecule has 208 valence electrons. The molecule has 2 aliphatic heterocycles. The summed E-state index contributed by atoms with van der Waals surface area (Å²) in [4.78, 5) is 12.8. The lowest BCUT2D eigenvalue weighted by Crippen LogP contribution is -2.43. The number of benzene rings is 2. The fraction of sp³-hybridized carbons (Fsp3) is 0.500. The lowest BCUT2D eigenvalue weighted by atomic mass is 9.97. The van der Waals surface area contributed by atoms with Gasteiger partial charge in [-0.2, -0.15) is 4.31 Å². The van der Waals surface area contributed by atoms with Gasteiger partial charge in [0.2, 0.25) is 26.0 Å². The van der Waals surface area contributed by atoms with Crippen molar-refractivity contribution in [2.75, 3.05) is 39.3 Å². The second-order valence-electron chi connectivity index (χ2n) is 9.63. The van der Waals surface area contributed by atoms with Crippen molar-refractivity contribution in [3.63, 3.8) is 0 Å². The molecule has 0 saturated carbocycles. The van der Waals surface area contributed by atoms with Gasteiger partial charge >= 0.3 is 0 Å². The van der Waals surface area contributed by atoms with Gasteiger partial charge in [-0.1, -0.05) is 34.5 Å². The molecule has 2 saturated heterocycles. The molecule has 12 heteroatoms. The highest BCUT2D eigenvalue weighted by atomic mass is 79.9. The van der Waals surface area contributed by atoms with Crippen LogP contribution in [0, 0.1) is 5.92 Å². The van der Waals surface area contributed by atoms with Crippen LogP contribution in [0.5, 0.6) is 5.75 Å². The van der Waals surface area contributed by atoms with Gasteiger partial charge in [-0.05, 0) is 67.6 Å². The molecule has 0 aliphatic carbocycles. The molecule has 2 aromatic carbocycles. The Morgan fingerprint density at radius 2 is 1.50 bits per heavy atom. The zero-order valence-electron chi connectivity index (χ0n) is 21.2. The van der Waals surface area contributed by atoms with Gasteiger partial charge in [0.1, 0.15) is 12.4 Å². The molecule has 9 nitrogen and oxygen atoms in total. The number of amides is 1. The van der Waals surface area contributed by atoms with Crippen LogP contribution in [0.3, 0.4) is 0 Å². The normalized spacial score (nSPS) is 18.2. The molecule has 2 aliphatic rings. The Labute approximate surface area is 233 Å². The summed E-state index contributed by atoms with van der Waals surface area (Å²) >= 11 is 3.35. The molecule has 4 rings (SSSR count). The number of halogens is 1. The van der Waals surface area contributed by atoms with Crippen molar-refractivity contribution in [2.45, 2.75) is 42.8 Å². The molecular formula is C26H34BrN3O6S2. The predicted molar refractivity (Wildman–Crippen MR) is 149 cm³/mol. The van der Waals surface area contributed by atoms with Gasteiger partial charge in [0.05, 0.1) is 17.2 Å². The Balaban J connectivity index is 1.17. The van der Waals surface area contributed by atoms with E-state index >= 15 is 0 Å². The molecule has 2 fully saturated rings. The topological polar surface area (TPSA) is 113 Å². The first-order valence-electron chi connectivity index (χ1n) is 12.9. The summed E-state index contributed by atoms with van der Waals surface area (Å²) in [6, 6.07) is 13.6. The number of rotatable bonds is 10. The summed E-state index contributed by atoms with van der Waals surface area (Å²) in [6.07, 6.45) is 3.77. The van der Waals surface area contributed by atoms with Gasteiger partial charge in [-0.3, -0.25) is 4.79 Å². The largest absolute Gasteiger partial charge is 0.492 e. The van der Waals surface area contributed by atoms with Crippen LogP contribution >= 0.6 is 15.9 Å². The minimum Gasteiger partial charge on any atom is -0.492 e. The lowest BCUT2D eigenvalue weighted by molar-refractivity contribution is -0.126. The van der Waals surface area contributed by atoms with Crippen molar-refractivity contribution in [2.24, 2.45) is 5.92 Å². The van der Waals surface area contributed by atoms with E-state index in [-0.39, 0.29) is 29.1 Å². The highest BCUT2D eigenvalue weighted by Crippen LogP contribution is 2.24. The van der Waals surface area contributed by atoms with Crippen LogP contribution in [0.15, 0.2) is 57.9 Å². The number of hydrogen-bond donors (Lipinski definition) is 1. The number of ether oxygens (including phenoxy) is 1. The first-order valence-corrected chi connectivity index (χ1v) is 16.7.